The number of amides is 1. The first-order valence-electron chi connectivity index (χ1n) is 6.48. The first kappa shape index (κ1) is 15.7. The van der Waals surface area contributed by atoms with Crippen LogP contribution in [0.25, 0.3) is 0 Å². The third kappa shape index (κ3) is 5.29. The zero-order valence-electron chi connectivity index (χ0n) is 11.5. The standard InChI is InChI=1S/C16H15Cl2NO2/c1-11-3-2-4-15(7-11)21-6-5-16(20)19-14-9-12(17)8-13(18)10-14/h2-4,7-10H,5-6H2,1H3,(H,19,20). The van der Waals surface area contributed by atoms with Gasteiger partial charge in [-0.2, -0.15) is 0 Å². The molecule has 0 aliphatic carbocycles. The number of rotatable bonds is 5. The van der Waals surface area contributed by atoms with Crippen molar-refractivity contribution in [3.05, 3.63) is 58.1 Å². The summed E-state index contributed by atoms with van der Waals surface area (Å²) < 4.78 is 5.53. The third-order valence-electron chi connectivity index (χ3n) is 2.73. The fourth-order valence-corrected chi connectivity index (χ4v) is 2.34. The Bertz CT molecular complexity index is 624. The topological polar surface area (TPSA) is 38.3 Å². The smallest absolute Gasteiger partial charge is 0.227 e. The number of carbonyl (C=O) groups excluding carboxylic acids is 1. The van der Waals surface area contributed by atoms with Gasteiger partial charge in [-0.25, -0.2) is 0 Å². The molecule has 0 aliphatic rings. The van der Waals surface area contributed by atoms with Crippen molar-refractivity contribution in [2.24, 2.45) is 0 Å². The number of ether oxygens (including phenoxy) is 1. The van der Waals surface area contributed by atoms with Gasteiger partial charge in [0.2, 0.25) is 5.91 Å². The highest BCUT2D eigenvalue weighted by atomic mass is 35.5. The Labute approximate surface area is 133 Å². The van der Waals surface area contributed by atoms with Gasteiger partial charge in [-0.15, -0.1) is 0 Å². The van der Waals surface area contributed by atoms with Gasteiger partial charge in [0, 0.05) is 15.7 Å². The molecule has 2 aromatic rings. The van der Waals surface area contributed by atoms with E-state index in [2.05, 4.69) is 5.32 Å². The van der Waals surface area contributed by atoms with Crippen molar-refractivity contribution in [1.82, 2.24) is 0 Å². The molecule has 2 rings (SSSR count). The molecule has 0 aliphatic heterocycles. The lowest BCUT2D eigenvalue weighted by Gasteiger charge is -2.08. The predicted octanol–water partition coefficient (Wildman–Crippen LogP) is 4.71. The van der Waals surface area contributed by atoms with Gasteiger partial charge in [-0.05, 0) is 42.8 Å². The number of hydrogen-bond acceptors (Lipinski definition) is 2. The van der Waals surface area contributed by atoms with E-state index in [1.165, 1.54) is 0 Å². The molecule has 1 N–H and O–H groups in total. The van der Waals surface area contributed by atoms with Crippen molar-refractivity contribution in [3.8, 4) is 5.75 Å². The minimum Gasteiger partial charge on any atom is -0.493 e. The summed E-state index contributed by atoms with van der Waals surface area (Å²) in [4.78, 5) is 11.8. The van der Waals surface area contributed by atoms with Gasteiger partial charge in [-0.3, -0.25) is 4.79 Å². The summed E-state index contributed by atoms with van der Waals surface area (Å²) in [5.41, 5.74) is 1.69. The zero-order valence-corrected chi connectivity index (χ0v) is 13.0. The Hall–Kier alpha value is -1.71. The number of carbonyl (C=O) groups is 1. The highest BCUT2D eigenvalue weighted by Gasteiger charge is 2.05. The van der Waals surface area contributed by atoms with Crippen LogP contribution in [0, 0.1) is 6.92 Å². The van der Waals surface area contributed by atoms with E-state index in [4.69, 9.17) is 27.9 Å². The van der Waals surface area contributed by atoms with Crippen LogP contribution in [0.15, 0.2) is 42.5 Å². The van der Waals surface area contributed by atoms with Gasteiger partial charge in [0.05, 0.1) is 13.0 Å². The highest BCUT2D eigenvalue weighted by molar-refractivity contribution is 6.35. The quantitative estimate of drug-likeness (QED) is 0.865. The van der Waals surface area contributed by atoms with E-state index in [1.807, 2.05) is 31.2 Å². The van der Waals surface area contributed by atoms with Crippen LogP contribution < -0.4 is 10.1 Å². The Kier molecular flexibility index (Phi) is 5.48. The molecular weight excluding hydrogens is 309 g/mol. The van der Waals surface area contributed by atoms with Gasteiger partial charge in [-0.1, -0.05) is 35.3 Å². The van der Waals surface area contributed by atoms with Gasteiger partial charge in [0.15, 0.2) is 0 Å². The maximum absolute atomic E-state index is 11.8. The number of nitrogens with one attached hydrogen (secondary N) is 1. The lowest BCUT2D eigenvalue weighted by Crippen LogP contribution is -2.15. The van der Waals surface area contributed by atoms with Crippen molar-refractivity contribution >= 4 is 34.8 Å². The molecule has 21 heavy (non-hydrogen) atoms. The van der Waals surface area contributed by atoms with E-state index in [0.29, 0.717) is 22.3 Å². The number of halogens is 2. The van der Waals surface area contributed by atoms with E-state index in [9.17, 15) is 4.79 Å². The summed E-state index contributed by atoms with van der Waals surface area (Å²) in [5.74, 6) is 0.606. The summed E-state index contributed by atoms with van der Waals surface area (Å²) in [6.07, 6.45) is 0.248. The predicted molar refractivity (Wildman–Crippen MR) is 86.4 cm³/mol. The second kappa shape index (κ2) is 7.34. The monoisotopic (exact) mass is 323 g/mol. The van der Waals surface area contributed by atoms with Gasteiger partial charge in [0.25, 0.3) is 0 Å². The minimum absolute atomic E-state index is 0.152. The van der Waals surface area contributed by atoms with E-state index in [-0.39, 0.29) is 12.3 Å². The SMILES string of the molecule is Cc1cccc(OCCC(=O)Nc2cc(Cl)cc(Cl)c2)c1. The van der Waals surface area contributed by atoms with Crippen LogP contribution in [0.3, 0.4) is 0 Å². The molecule has 2 aromatic carbocycles. The van der Waals surface area contributed by atoms with Crippen LogP contribution in [0.4, 0.5) is 5.69 Å². The summed E-state index contributed by atoms with van der Waals surface area (Å²) in [6, 6.07) is 12.6. The van der Waals surface area contributed by atoms with E-state index >= 15 is 0 Å². The zero-order chi connectivity index (χ0) is 15.2. The van der Waals surface area contributed by atoms with E-state index in [1.54, 1.807) is 18.2 Å². The molecular formula is C16H15Cl2NO2. The summed E-state index contributed by atoms with van der Waals surface area (Å²) in [5, 5.41) is 3.69. The molecule has 5 heteroatoms. The Morgan fingerprint density at radius 2 is 1.86 bits per heavy atom. The maximum Gasteiger partial charge on any atom is 0.227 e. The molecule has 1 amide bonds. The molecule has 0 unspecified atom stereocenters. The largest absolute Gasteiger partial charge is 0.493 e. The van der Waals surface area contributed by atoms with Crippen LogP contribution in [0.2, 0.25) is 10.0 Å². The molecule has 0 radical (unpaired) electrons. The van der Waals surface area contributed by atoms with Crippen LogP contribution in [0.1, 0.15) is 12.0 Å². The molecule has 3 nitrogen and oxygen atoms in total. The highest BCUT2D eigenvalue weighted by Crippen LogP contribution is 2.22. The number of aryl methyl sites for hydroxylation is 1. The normalized spacial score (nSPS) is 10.2. The molecule has 110 valence electrons. The molecule has 0 bridgehead atoms. The van der Waals surface area contributed by atoms with Crippen LogP contribution >= 0.6 is 23.2 Å². The second-order valence-corrected chi connectivity index (χ2v) is 5.49. The molecule has 0 saturated heterocycles. The van der Waals surface area contributed by atoms with Gasteiger partial charge < -0.3 is 10.1 Å². The second-order valence-electron chi connectivity index (χ2n) is 4.62. The van der Waals surface area contributed by atoms with Gasteiger partial charge in [0.1, 0.15) is 5.75 Å². The van der Waals surface area contributed by atoms with Crippen molar-refractivity contribution in [2.45, 2.75) is 13.3 Å². The lowest BCUT2D eigenvalue weighted by molar-refractivity contribution is -0.116. The third-order valence-corrected chi connectivity index (χ3v) is 3.17. The Morgan fingerprint density at radius 1 is 1.14 bits per heavy atom. The van der Waals surface area contributed by atoms with E-state index in [0.717, 1.165) is 11.3 Å². The summed E-state index contributed by atoms with van der Waals surface area (Å²) in [7, 11) is 0. The van der Waals surface area contributed by atoms with Crippen molar-refractivity contribution in [1.29, 1.82) is 0 Å². The Morgan fingerprint density at radius 3 is 2.52 bits per heavy atom. The number of benzene rings is 2. The van der Waals surface area contributed by atoms with Crippen LogP contribution in [0.5, 0.6) is 5.75 Å². The van der Waals surface area contributed by atoms with E-state index < -0.39 is 0 Å². The fraction of sp³-hybridized carbons (Fsp3) is 0.188. The number of anilines is 1. The fourth-order valence-electron chi connectivity index (χ4n) is 1.82. The molecule has 0 saturated carbocycles. The summed E-state index contributed by atoms with van der Waals surface area (Å²) >= 11 is 11.7. The van der Waals surface area contributed by atoms with Crippen molar-refractivity contribution in [3.63, 3.8) is 0 Å². The molecule has 0 atom stereocenters. The summed E-state index contributed by atoms with van der Waals surface area (Å²) in [6.45, 7) is 2.30. The maximum atomic E-state index is 11.8. The molecule has 0 fully saturated rings. The van der Waals surface area contributed by atoms with Crippen LogP contribution in [-0.2, 0) is 4.79 Å². The average molecular weight is 324 g/mol. The minimum atomic E-state index is -0.152. The molecule has 0 aromatic heterocycles. The molecule has 0 spiro atoms. The average Bonchev–Trinajstić information content (AvgIpc) is 2.37. The lowest BCUT2D eigenvalue weighted by atomic mass is 10.2. The first-order chi connectivity index (χ1) is 10.0. The molecule has 0 heterocycles. The number of hydrogen-bond donors (Lipinski definition) is 1. The van der Waals surface area contributed by atoms with Gasteiger partial charge >= 0.3 is 0 Å². The Balaban J connectivity index is 1.82. The first-order valence-corrected chi connectivity index (χ1v) is 7.24. The van der Waals surface area contributed by atoms with Crippen molar-refractivity contribution < 1.29 is 9.53 Å². The van der Waals surface area contributed by atoms with Crippen LogP contribution in [-0.4, -0.2) is 12.5 Å². The van der Waals surface area contributed by atoms with Crippen molar-refractivity contribution in [2.75, 3.05) is 11.9 Å².